The molecule has 1 aromatic carbocycles. The van der Waals surface area contributed by atoms with Crippen LogP contribution in [0.25, 0.3) is 0 Å². The molecular formula is C13H15FN4OS2. The standard InChI is InChI=1S/C13H15FN4OS2/c14-10-3-1-2-4-11(10)15-12-16-18(13(20)21-12)9-17-5-7-19-8-6-17/h1-4H,5-9H2,(H,15,16). The van der Waals surface area contributed by atoms with Crippen molar-refractivity contribution in [2.45, 2.75) is 6.67 Å². The second-order valence-electron chi connectivity index (χ2n) is 4.65. The van der Waals surface area contributed by atoms with Gasteiger partial charge in [-0.05, 0) is 24.4 Å². The van der Waals surface area contributed by atoms with Crippen molar-refractivity contribution in [2.75, 3.05) is 31.6 Å². The van der Waals surface area contributed by atoms with Gasteiger partial charge in [-0.25, -0.2) is 9.07 Å². The molecule has 0 atom stereocenters. The normalized spacial score (nSPS) is 16.0. The van der Waals surface area contributed by atoms with Crippen molar-refractivity contribution in [3.05, 3.63) is 34.0 Å². The molecule has 112 valence electrons. The summed E-state index contributed by atoms with van der Waals surface area (Å²) in [4.78, 5) is 2.23. The minimum atomic E-state index is -0.307. The maximum absolute atomic E-state index is 13.6. The third-order valence-corrected chi connectivity index (χ3v) is 4.38. The number of nitrogens with one attached hydrogen (secondary N) is 1. The average Bonchev–Trinajstić information content (AvgIpc) is 2.82. The summed E-state index contributed by atoms with van der Waals surface area (Å²) >= 11 is 6.66. The molecule has 1 aromatic heterocycles. The van der Waals surface area contributed by atoms with E-state index in [0.29, 0.717) is 21.4 Å². The summed E-state index contributed by atoms with van der Waals surface area (Å²) < 4.78 is 21.4. The van der Waals surface area contributed by atoms with Crippen molar-refractivity contribution in [2.24, 2.45) is 0 Å². The van der Waals surface area contributed by atoms with Crippen LogP contribution in [0.4, 0.5) is 15.2 Å². The smallest absolute Gasteiger partial charge is 0.209 e. The van der Waals surface area contributed by atoms with Gasteiger partial charge >= 0.3 is 0 Å². The molecule has 0 saturated carbocycles. The largest absolute Gasteiger partial charge is 0.379 e. The van der Waals surface area contributed by atoms with Crippen molar-refractivity contribution in [1.82, 2.24) is 14.7 Å². The summed E-state index contributed by atoms with van der Waals surface area (Å²) in [7, 11) is 0. The highest BCUT2D eigenvalue weighted by molar-refractivity contribution is 7.73. The summed E-state index contributed by atoms with van der Waals surface area (Å²) in [5.74, 6) is -0.307. The second kappa shape index (κ2) is 6.61. The van der Waals surface area contributed by atoms with Gasteiger partial charge in [0.25, 0.3) is 0 Å². The van der Waals surface area contributed by atoms with Gasteiger partial charge in [-0.15, -0.1) is 5.10 Å². The van der Waals surface area contributed by atoms with Crippen molar-refractivity contribution >= 4 is 34.4 Å². The Balaban J connectivity index is 1.72. The Labute approximate surface area is 131 Å². The molecule has 8 heteroatoms. The fourth-order valence-electron chi connectivity index (χ4n) is 2.06. The first kappa shape index (κ1) is 14.6. The first-order valence-corrected chi connectivity index (χ1v) is 7.84. The minimum Gasteiger partial charge on any atom is -0.379 e. The molecule has 1 saturated heterocycles. The maximum Gasteiger partial charge on any atom is 0.209 e. The van der Waals surface area contributed by atoms with Crippen LogP contribution in [0.1, 0.15) is 0 Å². The summed E-state index contributed by atoms with van der Waals surface area (Å²) in [5, 5.41) is 7.98. The van der Waals surface area contributed by atoms with E-state index in [0.717, 1.165) is 26.3 Å². The van der Waals surface area contributed by atoms with E-state index in [9.17, 15) is 4.39 Å². The number of para-hydroxylation sites is 1. The van der Waals surface area contributed by atoms with E-state index in [1.54, 1.807) is 22.9 Å². The number of halogens is 1. The molecule has 3 rings (SSSR count). The van der Waals surface area contributed by atoms with Gasteiger partial charge in [0.05, 0.1) is 25.6 Å². The van der Waals surface area contributed by atoms with E-state index >= 15 is 0 Å². The zero-order valence-electron chi connectivity index (χ0n) is 11.3. The van der Waals surface area contributed by atoms with E-state index in [2.05, 4.69) is 15.3 Å². The Hall–Kier alpha value is -1.35. The van der Waals surface area contributed by atoms with Crippen LogP contribution in [0, 0.1) is 9.77 Å². The molecule has 1 aliphatic heterocycles. The Morgan fingerprint density at radius 3 is 2.86 bits per heavy atom. The monoisotopic (exact) mass is 326 g/mol. The molecule has 5 nitrogen and oxygen atoms in total. The summed E-state index contributed by atoms with van der Waals surface area (Å²) in [5.41, 5.74) is 0.403. The number of morpholine rings is 1. The van der Waals surface area contributed by atoms with Gasteiger partial charge in [-0.3, -0.25) is 4.90 Å². The molecule has 0 amide bonds. The topological polar surface area (TPSA) is 42.3 Å². The Kier molecular flexibility index (Phi) is 4.59. The number of rotatable bonds is 4. The Morgan fingerprint density at radius 2 is 2.10 bits per heavy atom. The van der Waals surface area contributed by atoms with Gasteiger partial charge in [0.2, 0.25) is 5.13 Å². The number of ether oxygens (including phenoxy) is 1. The zero-order chi connectivity index (χ0) is 14.7. The van der Waals surface area contributed by atoms with Gasteiger partial charge in [0.1, 0.15) is 5.82 Å². The van der Waals surface area contributed by atoms with E-state index in [-0.39, 0.29) is 5.82 Å². The third-order valence-electron chi connectivity index (χ3n) is 3.16. The van der Waals surface area contributed by atoms with Crippen LogP contribution in [0.15, 0.2) is 24.3 Å². The molecule has 0 aliphatic carbocycles. The lowest BCUT2D eigenvalue weighted by Gasteiger charge is -2.26. The average molecular weight is 326 g/mol. The molecule has 21 heavy (non-hydrogen) atoms. The van der Waals surface area contributed by atoms with Crippen molar-refractivity contribution in [3.63, 3.8) is 0 Å². The first-order valence-electron chi connectivity index (χ1n) is 6.62. The SMILES string of the molecule is Fc1ccccc1Nc1nn(CN2CCOCC2)c(=S)s1. The zero-order valence-corrected chi connectivity index (χ0v) is 12.9. The molecule has 0 unspecified atom stereocenters. The number of anilines is 2. The van der Waals surface area contributed by atoms with Gasteiger partial charge in [0.15, 0.2) is 3.95 Å². The number of hydrogen-bond donors (Lipinski definition) is 1. The summed E-state index contributed by atoms with van der Waals surface area (Å²) in [6, 6.07) is 6.51. The highest BCUT2D eigenvalue weighted by Crippen LogP contribution is 2.22. The highest BCUT2D eigenvalue weighted by Gasteiger charge is 2.13. The van der Waals surface area contributed by atoms with Gasteiger partial charge in [-0.1, -0.05) is 23.5 Å². The van der Waals surface area contributed by atoms with Crippen molar-refractivity contribution < 1.29 is 9.13 Å². The van der Waals surface area contributed by atoms with Crippen LogP contribution in [0.2, 0.25) is 0 Å². The lowest BCUT2D eigenvalue weighted by atomic mass is 10.3. The quantitative estimate of drug-likeness (QED) is 0.875. The Bertz CT molecular complexity index is 666. The van der Waals surface area contributed by atoms with E-state index in [1.165, 1.54) is 17.4 Å². The van der Waals surface area contributed by atoms with Crippen molar-refractivity contribution in [3.8, 4) is 0 Å². The third kappa shape index (κ3) is 3.65. The van der Waals surface area contributed by atoms with Gasteiger partial charge in [-0.2, -0.15) is 0 Å². The number of benzene rings is 1. The predicted molar refractivity (Wildman–Crippen MR) is 83.0 cm³/mol. The number of aromatic nitrogens is 2. The first-order chi connectivity index (χ1) is 10.2. The molecule has 0 bridgehead atoms. The molecule has 1 aliphatic rings. The van der Waals surface area contributed by atoms with Crippen LogP contribution < -0.4 is 5.32 Å². The molecule has 0 spiro atoms. The van der Waals surface area contributed by atoms with Crippen LogP contribution in [0.5, 0.6) is 0 Å². The van der Waals surface area contributed by atoms with Crippen LogP contribution in [-0.2, 0) is 11.4 Å². The van der Waals surface area contributed by atoms with Gasteiger partial charge < -0.3 is 10.1 Å². The molecule has 2 aromatic rings. The summed E-state index contributed by atoms with van der Waals surface area (Å²) in [6.07, 6.45) is 0. The van der Waals surface area contributed by atoms with Crippen molar-refractivity contribution in [1.29, 1.82) is 0 Å². The highest BCUT2D eigenvalue weighted by atomic mass is 32.1. The van der Waals surface area contributed by atoms with Crippen LogP contribution in [0.3, 0.4) is 0 Å². The second-order valence-corrected chi connectivity index (χ2v) is 6.27. The lowest BCUT2D eigenvalue weighted by molar-refractivity contribution is 0.0212. The van der Waals surface area contributed by atoms with E-state index in [4.69, 9.17) is 17.0 Å². The maximum atomic E-state index is 13.6. The molecule has 0 radical (unpaired) electrons. The predicted octanol–water partition coefficient (Wildman–Crippen LogP) is 2.85. The van der Waals surface area contributed by atoms with E-state index in [1.807, 2.05) is 0 Å². The van der Waals surface area contributed by atoms with E-state index < -0.39 is 0 Å². The number of hydrogen-bond acceptors (Lipinski definition) is 6. The summed E-state index contributed by atoms with van der Waals surface area (Å²) in [6.45, 7) is 3.85. The number of nitrogens with zero attached hydrogens (tertiary/aromatic N) is 3. The van der Waals surface area contributed by atoms with Crippen LogP contribution >= 0.6 is 23.6 Å². The molecular weight excluding hydrogens is 311 g/mol. The fraction of sp³-hybridized carbons (Fsp3) is 0.385. The van der Waals surface area contributed by atoms with Gasteiger partial charge in [0, 0.05) is 13.1 Å². The Morgan fingerprint density at radius 1 is 1.33 bits per heavy atom. The lowest BCUT2D eigenvalue weighted by Crippen LogP contribution is -2.37. The fourth-order valence-corrected chi connectivity index (χ4v) is 3.06. The molecule has 1 N–H and O–H groups in total. The molecule has 2 heterocycles. The minimum absolute atomic E-state index is 0.307. The van der Waals surface area contributed by atoms with Crippen LogP contribution in [-0.4, -0.2) is 41.0 Å². The molecule has 1 fully saturated rings.